The van der Waals surface area contributed by atoms with Gasteiger partial charge < -0.3 is 10.2 Å². The Balaban J connectivity index is 1.53. The minimum absolute atomic E-state index is 0.134. The summed E-state index contributed by atoms with van der Waals surface area (Å²) < 4.78 is 37.9. The van der Waals surface area contributed by atoms with E-state index in [1.807, 2.05) is 23.1 Å². The topological polar surface area (TPSA) is 58.1 Å². The van der Waals surface area contributed by atoms with Crippen molar-refractivity contribution in [2.24, 2.45) is 0 Å². The quantitative estimate of drug-likeness (QED) is 0.725. The zero-order chi connectivity index (χ0) is 19.7. The van der Waals surface area contributed by atoms with Crippen molar-refractivity contribution in [2.45, 2.75) is 12.6 Å². The molecule has 0 aliphatic carbocycles. The summed E-state index contributed by atoms with van der Waals surface area (Å²) in [6, 6.07) is 13.8. The Bertz CT molecular complexity index is 1020. The third-order valence-corrected chi connectivity index (χ3v) is 4.52. The zero-order valence-corrected chi connectivity index (χ0v) is 14.6. The van der Waals surface area contributed by atoms with Crippen LogP contribution in [0.25, 0.3) is 0 Å². The monoisotopic (exact) mass is 384 g/mol. The smallest absolute Gasteiger partial charge is 0.326 e. The van der Waals surface area contributed by atoms with Gasteiger partial charge in [0.2, 0.25) is 0 Å². The lowest BCUT2D eigenvalue weighted by Crippen LogP contribution is -2.18. The number of carbonyl (C=O) groups excluding carboxylic acids is 1. The molecule has 0 saturated heterocycles. The summed E-state index contributed by atoms with van der Waals surface area (Å²) >= 11 is 0. The average Bonchev–Trinajstić information content (AvgIpc) is 3.12. The van der Waals surface area contributed by atoms with Crippen LogP contribution in [0.2, 0.25) is 0 Å². The largest absolute Gasteiger partial charge is 0.416 e. The van der Waals surface area contributed by atoms with E-state index in [9.17, 15) is 18.0 Å². The fourth-order valence-corrected chi connectivity index (χ4v) is 3.13. The summed E-state index contributed by atoms with van der Waals surface area (Å²) in [4.78, 5) is 22.7. The number of hydrogen-bond donors (Lipinski definition) is 1. The van der Waals surface area contributed by atoms with E-state index in [1.165, 1.54) is 24.0 Å². The van der Waals surface area contributed by atoms with Crippen molar-refractivity contribution in [3.05, 3.63) is 77.7 Å². The van der Waals surface area contributed by atoms with Gasteiger partial charge in [-0.25, -0.2) is 9.97 Å². The molecule has 1 aliphatic heterocycles. The maximum absolute atomic E-state index is 12.6. The normalized spacial score (nSPS) is 13.3. The van der Waals surface area contributed by atoms with Gasteiger partial charge in [-0.1, -0.05) is 18.2 Å². The molecule has 0 fully saturated rings. The number of aromatic nitrogens is 2. The van der Waals surface area contributed by atoms with Crippen molar-refractivity contribution in [1.82, 2.24) is 9.97 Å². The van der Waals surface area contributed by atoms with Gasteiger partial charge in [0.1, 0.15) is 17.8 Å². The van der Waals surface area contributed by atoms with Gasteiger partial charge >= 0.3 is 6.18 Å². The third kappa shape index (κ3) is 3.53. The number of alkyl halides is 3. The number of fused-ring (bicyclic) bond motifs is 1. The summed E-state index contributed by atoms with van der Waals surface area (Å²) in [5.74, 6) is 0.0772. The second kappa shape index (κ2) is 6.95. The van der Waals surface area contributed by atoms with Crippen LogP contribution >= 0.6 is 0 Å². The van der Waals surface area contributed by atoms with E-state index in [4.69, 9.17) is 0 Å². The third-order valence-electron chi connectivity index (χ3n) is 4.52. The Hall–Kier alpha value is -3.42. The van der Waals surface area contributed by atoms with Gasteiger partial charge in [-0.2, -0.15) is 13.2 Å². The van der Waals surface area contributed by atoms with Crippen LogP contribution in [0.15, 0.2) is 60.9 Å². The van der Waals surface area contributed by atoms with Crippen molar-refractivity contribution < 1.29 is 18.0 Å². The van der Waals surface area contributed by atoms with Crippen molar-refractivity contribution in [3.63, 3.8) is 0 Å². The van der Waals surface area contributed by atoms with Gasteiger partial charge in [-0.05, 0) is 42.3 Å². The Labute approximate surface area is 158 Å². The highest BCUT2D eigenvalue weighted by atomic mass is 19.4. The molecule has 0 saturated carbocycles. The highest BCUT2D eigenvalue weighted by Crippen LogP contribution is 2.33. The van der Waals surface area contributed by atoms with E-state index in [0.717, 1.165) is 30.8 Å². The highest BCUT2D eigenvalue weighted by molar-refractivity contribution is 6.03. The predicted molar refractivity (Wildman–Crippen MR) is 98.6 cm³/mol. The van der Waals surface area contributed by atoms with Crippen LogP contribution in [0.1, 0.15) is 21.6 Å². The van der Waals surface area contributed by atoms with Crippen molar-refractivity contribution in [2.75, 3.05) is 16.8 Å². The van der Waals surface area contributed by atoms with Crippen molar-refractivity contribution in [1.29, 1.82) is 0 Å². The van der Waals surface area contributed by atoms with E-state index in [2.05, 4.69) is 21.4 Å². The minimum atomic E-state index is -4.42. The van der Waals surface area contributed by atoms with Gasteiger partial charge in [-0.15, -0.1) is 0 Å². The maximum atomic E-state index is 12.6. The number of halogens is 3. The predicted octanol–water partition coefficient (Wildman–Crippen LogP) is 4.44. The number of hydrogen-bond acceptors (Lipinski definition) is 4. The van der Waals surface area contributed by atoms with Crippen molar-refractivity contribution >= 4 is 23.1 Å². The maximum Gasteiger partial charge on any atom is 0.416 e. The molecule has 0 spiro atoms. The fraction of sp³-hybridized carbons (Fsp3) is 0.150. The molecule has 0 unspecified atom stereocenters. The second-order valence-corrected chi connectivity index (χ2v) is 6.32. The minimum Gasteiger partial charge on any atom is -0.326 e. The van der Waals surface area contributed by atoms with Crippen molar-refractivity contribution in [3.8, 4) is 0 Å². The summed E-state index contributed by atoms with van der Waals surface area (Å²) in [7, 11) is 0. The van der Waals surface area contributed by atoms with Crippen LogP contribution in [0, 0.1) is 0 Å². The Morgan fingerprint density at radius 3 is 2.54 bits per heavy atom. The van der Waals surface area contributed by atoms with Crippen LogP contribution in [-0.2, 0) is 12.6 Å². The van der Waals surface area contributed by atoms with Gasteiger partial charge in [0.05, 0.1) is 5.56 Å². The number of amides is 1. The number of carbonyl (C=O) groups is 1. The molecule has 1 amide bonds. The van der Waals surface area contributed by atoms with Crippen LogP contribution in [-0.4, -0.2) is 22.4 Å². The van der Waals surface area contributed by atoms with Crippen LogP contribution in [0.5, 0.6) is 0 Å². The Morgan fingerprint density at radius 1 is 1.04 bits per heavy atom. The van der Waals surface area contributed by atoms with Gasteiger partial charge in [0.15, 0.2) is 0 Å². The average molecular weight is 384 g/mol. The standard InChI is InChI=1S/C20H15F3N4O/c21-20(22,23)14-5-7-15(8-6-14)26-19(28)16-11-18(25-12-24-16)27-10-9-13-3-1-2-4-17(13)27/h1-8,11-12H,9-10H2,(H,26,28). The van der Waals surface area contributed by atoms with Gasteiger partial charge in [-0.3, -0.25) is 4.79 Å². The van der Waals surface area contributed by atoms with E-state index >= 15 is 0 Å². The number of nitrogens with zero attached hydrogens (tertiary/aromatic N) is 3. The molecule has 0 bridgehead atoms. The Morgan fingerprint density at radius 2 is 1.79 bits per heavy atom. The summed E-state index contributed by atoms with van der Waals surface area (Å²) in [5, 5.41) is 2.56. The summed E-state index contributed by atoms with van der Waals surface area (Å²) in [6.45, 7) is 0.746. The highest BCUT2D eigenvalue weighted by Gasteiger charge is 2.30. The molecular formula is C20H15F3N4O. The van der Waals surface area contributed by atoms with Crippen LogP contribution < -0.4 is 10.2 Å². The van der Waals surface area contributed by atoms with Crippen LogP contribution in [0.3, 0.4) is 0 Å². The first-order valence-corrected chi connectivity index (χ1v) is 8.58. The number of anilines is 3. The first kappa shape index (κ1) is 18.0. The summed E-state index contributed by atoms with van der Waals surface area (Å²) in [6.07, 6.45) is -2.23. The SMILES string of the molecule is O=C(Nc1ccc(C(F)(F)F)cc1)c1cc(N2CCc3ccccc32)ncn1. The number of para-hydroxylation sites is 1. The number of nitrogens with one attached hydrogen (secondary N) is 1. The molecule has 1 aliphatic rings. The second-order valence-electron chi connectivity index (χ2n) is 6.32. The molecular weight excluding hydrogens is 369 g/mol. The van der Waals surface area contributed by atoms with E-state index in [0.29, 0.717) is 5.82 Å². The molecule has 1 N–H and O–H groups in total. The molecule has 0 atom stereocenters. The molecule has 3 aromatic rings. The van der Waals surface area contributed by atoms with E-state index in [1.54, 1.807) is 6.07 Å². The fourth-order valence-electron chi connectivity index (χ4n) is 3.13. The lowest BCUT2D eigenvalue weighted by Gasteiger charge is -2.18. The lowest BCUT2D eigenvalue weighted by molar-refractivity contribution is -0.137. The number of benzene rings is 2. The van der Waals surface area contributed by atoms with Gasteiger partial charge in [0.25, 0.3) is 5.91 Å². The lowest BCUT2D eigenvalue weighted by atomic mass is 10.2. The molecule has 4 rings (SSSR count). The molecule has 1 aromatic heterocycles. The number of rotatable bonds is 3. The van der Waals surface area contributed by atoms with E-state index in [-0.39, 0.29) is 11.4 Å². The van der Waals surface area contributed by atoms with E-state index < -0.39 is 17.6 Å². The molecule has 8 heteroatoms. The summed E-state index contributed by atoms with van der Waals surface area (Å²) in [5.41, 5.74) is 1.86. The first-order chi connectivity index (χ1) is 13.4. The molecule has 28 heavy (non-hydrogen) atoms. The molecule has 2 heterocycles. The molecule has 0 radical (unpaired) electrons. The molecule has 5 nitrogen and oxygen atoms in total. The Kier molecular flexibility index (Phi) is 4.46. The zero-order valence-electron chi connectivity index (χ0n) is 14.6. The molecule has 142 valence electrons. The van der Waals surface area contributed by atoms with Crippen LogP contribution in [0.4, 0.5) is 30.4 Å². The first-order valence-electron chi connectivity index (χ1n) is 8.58. The van der Waals surface area contributed by atoms with Gasteiger partial charge in [0, 0.05) is 24.0 Å². The molecule has 2 aromatic carbocycles.